The van der Waals surface area contributed by atoms with Crippen molar-refractivity contribution in [2.75, 3.05) is 13.2 Å². The first-order valence-electron chi connectivity index (χ1n) is 4.74. The lowest BCUT2D eigenvalue weighted by molar-refractivity contribution is 0.193. The van der Waals surface area contributed by atoms with Gasteiger partial charge in [-0.2, -0.15) is 0 Å². The Bertz CT molecular complexity index is 155. The largest absolute Gasteiger partial charge is 0.344 e. The van der Waals surface area contributed by atoms with Gasteiger partial charge in [-0.3, -0.25) is 0 Å². The van der Waals surface area contributed by atoms with Gasteiger partial charge >= 0.3 is 6.72 Å². The topological polar surface area (TPSA) is 73.7 Å². The number of rotatable bonds is 8. The second-order valence-corrected chi connectivity index (χ2v) is 5.68. The van der Waals surface area contributed by atoms with Gasteiger partial charge in [-0.05, 0) is 24.6 Å². The Hall–Kier alpha value is 0.490. The molecule has 0 fully saturated rings. The Balaban J connectivity index is 0. The van der Waals surface area contributed by atoms with Crippen molar-refractivity contribution in [2.45, 2.75) is 39.5 Å². The van der Waals surface area contributed by atoms with E-state index in [-0.39, 0.29) is 6.15 Å². The van der Waals surface area contributed by atoms with Crippen LogP contribution in [0.15, 0.2) is 0 Å². The molecule has 0 rings (SSSR count). The standard InChI is InChI=1S/C8H19O3PS.H3N/c1-3-5-7-10-12(9,13)11-8-6-4-2;/h3-8H2,1-2H3,(H,9,13);1H3. The van der Waals surface area contributed by atoms with Gasteiger partial charge in [0.05, 0.1) is 13.2 Å². The minimum absolute atomic E-state index is 0. The second-order valence-electron chi connectivity index (χ2n) is 2.84. The maximum absolute atomic E-state index is 9.45. The molecule has 0 aromatic rings. The lowest BCUT2D eigenvalue weighted by atomic mass is 10.4. The van der Waals surface area contributed by atoms with Crippen LogP contribution in [-0.4, -0.2) is 18.1 Å². The molecule has 0 saturated carbocycles. The quantitative estimate of drug-likeness (QED) is 0.506. The van der Waals surface area contributed by atoms with E-state index >= 15 is 0 Å². The van der Waals surface area contributed by atoms with E-state index in [1.807, 2.05) is 0 Å². The van der Waals surface area contributed by atoms with Gasteiger partial charge in [0.2, 0.25) is 0 Å². The lowest BCUT2D eigenvalue weighted by Gasteiger charge is -2.14. The molecular formula is C8H22NO3PS. The fraction of sp³-hybridized carbons (Fsp3) is 1.00. The highest BCUT2D eigenvalue weighted by atomic mass is 32.5. The fourth-order valence-corrected chi connectivity index (χ4v) is 1.93. The van der Waals surface area contributed by atoms with E-state index in [0.29, 0.717) is 13.2 Å². The first kappa shape index (κ1) is 16.9. The molecule has 0 saturated heterocycles. The zero-order valence-corrected chi connectivity index (χ0v) is 10.8. The van der Waals surface area contributed by atoms with E-state index in [4.69, 9.17) is 20.9 Å². The predicted molar refractivity (Wildman–Crippen MR) is 63.2 cm³/mol. The highest BCUT2D eigenvalue weighted by Gasteiger charge is 2.13. The second kappa shape index (κ2) is 10.0. The van der Waals surface area contributed by atoms with Gasteiger partial charge in [0.1, 0.15) is 0 Å². The minimum atomic E-state index is -2.92. The molecule has 0 atom stereocenters. The molecule has 4 nitrogen and oxygen atoms in total. The van der Waals surface area contributed by atoms with Gasteiger partial charge in [-0.1, -0.05) is 26.7 Å². The van der Waals surface area contributed by atoms with Crippen LogP contribution < -0.4 is 6.15 Å². The molecule has 0 aliphatic rings. The first-order valence-corrected chi connectivity index (χ1v) is 7.33. The molecule has 0 heterocycles. The van der Waals surface area contributed by atoms with Crippen molar-refractivity contribution in [3.63, 3.8) is 0 Å². The van der Waals surface area contributed by atoms with Crippen molar-refractivity contribution in [1.82, 2.24) is 6.15 Å². The molecule has 88 valence electrons. The summed E-state index contributed by atoms with van der Waals surface area (Å²) in [6.45, 7) is 2.19. The highest BCUT2D eigenvalue weighted by molar-refractivity contribution is 8.07. The Morgan fingerprint density at radius 2 is 1.43 bits per heavy atom. The number of unbranched alkanes of at least 4 members (excludes halogenated alkanes) is 2. The SMILES string of the molecule is CCCCOP(O)(=S)OCCCC.N. The normalized spacial score (nSPS) is 11.1. The van der Waals surface area contributed by atoms with Crippen LogP contribution in [0.5, 0.6) is 0 Å². The smallest absolute Gasteiger partial charge is 0.324 e. The molecule has 0 spiro atoms. The summed E-state index contributed by atoms with van der Waals surface area (Å²) in [5, 5.41) is 0. The third-order valence-corrected chi connectivity index (χ3v) is 3.15. The molecule has 0 aromatic carbocycles. The minimum Gasteiger partial charge on any atom is -0.344 e. The Morgan fingerprint density at radius 3 is 1.71 bits per heavy atom. The number of hydrogen-bond acceptors (Lipinski definition) is 4. The molecule has 6 heteroatoms. The highest BCUT2D eigenvalue weighted by Crippen LogP contribution is 2.43. The van der Waals surface area contributed by atoms with Crippen LogP contribution in [0.2, 0.25) is 0 Å². The molecule has 4 N–H and O–H groups in total. The van der Waals surface area contributed by atoms with Gasteiger partial charge in [-0.25, -0.2) is 0 Å². The molecule has 0 aromatic heterocycles. The van der Waals surface area contributed by atoms with Gasteiger partial charge in [0, 0.05) is 0 Å². The van der Waals surface area contributed by atoms with E-state index < -0.39 is 6.72 Å². The van der Waals surface area contributed by atoms with Crippen LogP contribution in [0.3, 0.4) is 0 Å². The summed E-state index contributed by atoms with van der Waals surface area (Å²) in [7, 11) is 0. The van der Waals surface area contributed by atoms with Crippen LogP contribution in [0.25, 0.3) is 0 Å². The maximum atomic E-state index is 9.45. The summed E-state index contributed by atoms with van der Waals surface area (Å²) in [5.74, 6) is 0. The van der Waals surface area contributed by atoms with Crippen molar-refractivity contribution >= 4 is 18.5 Å². The van der Waals surface area contributed by atoms with Crippen molar-refractivity contribution in [1.29, 1.82) is 0 Å². The summed E-state index contributed by atoms with van der Waals surface area (Å²) >= 11 is 4.79. The molecule has 0 aliphatic heterocycles. The number of hydrogen-bond donors (Lipinski definition) is 2. The van der Waals surface area contributed by atoms with Crippen molar-refractivity contribution < 1.29 is 13.9 Å². The molecule has 0 aliphatic carbocycles. The Kier molecular flexibility index (Phi) is 12.1. The van der Waals surface area contributed by atoms with Crippen molar-refractivity contribution in [2.24, 2.45) is 0 Å². The molecule has 0 bridgehead atoms. The van der Waals surface area contributed by atoms with E-state index in [1.165, 1.54) is 0 Å². The zero-order chi connectivity index (χ0) is 10.2. The summed E-state index contributed by atoms with van der Waals surface area (Å²) in [6, 6.07) is 0. The van der Waals surface area contributed by atoms with Crippen LogP contribution in [0, 0.1) is 0 Å². The first-order chi connectivity index (χ1) is 6.12. The summed E-state index contributed by atoms with van der Waals surface area (Å²) in [5.41, 5.74) is 0. The summed E-state index contributed by atoms with van der Waals surface area (Å²) in [6.07, 6.45) is 3.89. The third-order valence-electron chi connectivity index (χ3n) is 1.50. The summed E-state index contributed by atoms with van der Waals surface area (Å²) in [4.78, 5) is 9.45. The van der Waals surface area contributed by atoms with Crippen LogP contribution >= 0.6 is 6.72 Å². The van der Waals surface area contributed by atoms with Crippen molar-refractivity contribution in [3.8, 4) is 0 Å². The molecular weight excluding hydrogens is 221 g/mol. The molecule has 0 radical (unpaired) electrons. The monoisotopic (exact) mass is 243 g/mol. The average molecular weight is 243 g/mol. The average Bonchev–Trinajstić information content (AvgIpc) is 2.05. The van der Waals surface area contributed by atoms with Crippen LogP contribution in [0.4, 0.5) is 0 Å². The van der Waals surface area contributed by atoms with Gasteiger partial charge < -0.3 is 20.1 Å². The third kappa shape index (κ3) is 10.6. The fourth-order valence-electron chi connectivity index (χ4n) is 0.686. The van der Waals surface area contributed by atoms with Gasteiger partial charge in [-0.15, -0.1) is 0 Å². The Morgan fingerprint density at radius 1 is 1.07 bits per heavy atom. The predicted octanol–water partition coefficient (Wildman–Crippen LogP) is 3.00. The Labute approximate surface area is 91.8 Å². The van der Waals surface area contributed by atoms with E-state index in [1.54, 1.807) is 0 Å². The lowest BCUT2D eigenvalue weighted by Crippen LogP contribution is -1.97. The summed E-state index contributed by atoms with van der Waals surface area (Å²) < 4.78 is 10.2. The molecule has 0 amide bonds. The molecule has 0 unspecified atom stereocenters. The maximum Gasteiger partial charge on any atom is 0.324 e. The molecule has 14 heavy (non-hydrogen) atoms. The van der Waals surface area contributed by atoms with Gasteiger partial charge in [0.15, 0.2) is 0 Å². The zero-order valence-electron chi connectivity index (χ0n) is 9.07. The van der Waals surface area contributed by atoms with E-state index in [9.17, 15) is 4.89 Å². The van der Waals surface area contributed by atoms with Crippen molar-refractivity contribution in [3.05, 3.63) is 0 Å². The van der Waals surface area contributed by atoms with E-state index in [0.717, 1.165) is 25.7 Å². The van der Waals surface area contributed by atoms with E-state index in [2.05, 4.69) is 13.8 Å². The van der Waals surface area contributed by atoms with Crippen LogP contribution in [0.1, 0.15) is 39.5 Å². The van der Waals surface area contributed by atoms with Gasteiger partial charge in [0.25, 0.3) is 0 Å². The van der Waals surface area contributed by atoms with Crippen LogP contribution in [-0.2, 0) is 20.9 Å².